The number of carbonyl (C=O) groups excluding carboxylic acids is 1. The Labute approximate surface area is 116 Å². The van der Waals surface area contributed by atoms with E-state index >= 15 is 0 Å². The van der Waals surface area contributed by atoms with E-state index < -0.39 is 5.54 Å². The minimum absolute atomic E-state index is 0.162. The van der Waals surface area contributed by atoms with Crippen LogP contribution in [-0.2, 0) is 4.79 Å². The lowest BCUT2D eigenvalue weighted by Gasteiger charge is -2.39. The Kier molecular flexibility index (Phi) is 6.50. The van der Waals surface area contributed by atoms with Crippen molar-refractivity contribution < 1.29 is 4.79 Å². The summed E-state index contributed by atoms with van der Waals surface area (Å²) < 4.78 is 0. The molecule has 0 spiro atoms. The molecule has 106 valence electrons. The molecule has 0 aromatic heterocycles. The van der Waals surface area contributed by atoms with Gasteiger partial charge in [0.2, 0.25) is 5.91 Å². The smallest absolute Gasteiger partial charge is 0.237 e. The van der Waals surface area contributed by atoms with E-state index in [4.69, 9.17) is 5.73 Å². The normalized spacial score (nSPS) is 30.1. The molecule has 3 nitrogen and oxygen atoms in total. The first kappa shape index (κ1) is 15.8. The Bertz CT molecular complexity index is 273. The van der Waals surface area contributed by atoms with E-state index in [1.165, 1.54) is 12.8 Å². The number of amides is 1. The Morgan fingerprint density at radius 1 is 1.56 bits per heavy atom. The zero-order valence-electron chi connectivity index (χ0n) is 12.0. The molecule has 1 saturated carbocycles. The molecule has 0 heterocycles. The molecule has 18 heavy (non-hydrogen) atoms. The standard InChI is InChI=1S/C14H28N2OS/c1-4-9-16-14(13(15)17)8-6-7-12(10-14)18-11(3)5-2/h11-12,16H,4-10H2,1-3H3,(H2,15,17). The molecule has 1 aliphatic carbocycles. The summed E-state index contributed by atoms with van der Waals surface area (Å²) >= 11 is 2.03. The van der Waals surface area contributed by atoms with Crippen LogP contribution < -0.4 is 11.1 Å². The first-order valence-corrected chi connectivity index (χ1v) is 8.18. The second-order valence-electron chi connectivity index (χ2n) is 5.45. The highest BCUT2D eigenvalue weighted by molar-refractivity contribution is 8.00. The van der Waals surface area contributed by atoms with Gasteiger partial charge < -0.3 is 11.1 Å². The van der Waals surface area contributed by atoms with Crippen LogP contribution in [0.1, 0.15) is 59.3 Å². The number of thioether (sulfide) groups is 1. The molecule has 1 rings (SSSR count). The molecule has 1 fully saturated rings. The molecule has 3 N–H and O–H groups in total. The van der Waals surface area contributed by atoms with Crippen LogP contribution in [-0.4, -0.2) is 28.5 Å². The van der Waals surface area contributed by atoms with Gasteiger partial charge in [0.15, 0.2) is 0 Å². The van der Waals surface area contributed by atoms with Gasteiger partial charge in [0.25, 0.3) is 0 Å². The molecule has 1 aliphatic rings. The van der Waals surface area contributed by atoms with Crippen LogP contribution in [0.4, 0.5) is 0 Å². The summed E-state index contributed by atoms with van der Waals surface area (Å²) in [5.41, 5.74) is 5.21. The number of nitrogens with two attached hydrogens (primary N) is 1. The summed E-state index contributed by atoms with van der Waals surface area (Å²) in [6, 6.07) is 0. The maximum absolute atomic E-state index is 11.8. The highest BCUT2D eigenvalue weighted by Crippen LogP contribution is 2.37. The van der Waals surface area contributed by atoms with Gasteiger partial charge in [-0.1, -0.05) is 20.8 Å². The van der Waals surface area contributed by atoms with E-state index in [0.29, 0.717) is 10.5 Å². The predicted molar refractivity (Wildman–Crippen MR) is 79.8 cm³/mol. The monoisotopic (exact) mass is 272 g/mol. The van der Waals surface area contributed by atoms with E-state index in [9.17, 15) is 4.79 Å². The molecule has 0 saturated heterocycles. The fourth-order valence-corrected chi connectivity index (χ4v) is 4.13. The zero-order valence-corrected chi connectivity index (χ0v) is 12.8. The van der Waals surface area contributed by atoms with Crippen molar-refractivity contribution >= 4 is 17.7 Å². The number of primary amides is 1. The van der Waals surface area contributed by atoms with Gasteiger partial charge in [-0.25, -0.2) is 0 Å². The molecular weight excluding hydrogens is 244 g/mol. The maximum atomic E-state index is 11.8. The van der Waals surface area contributed by atoms with Gasteiger partial charge in [0.1, 0.15) is 0 Å². The largest absolute Gasteiger partial charge is 0.368 e. The van der Waals surface area contributed by atoms with Crippen molar-refractivity contribution in [3.63, 3.8) is 0 Å². The summed E-state index contributed by atoms with van der Waals surface area (Å²) in [6.07, 6.45) is 6.36. The quantitative estimate of drug-likeness (QED) is 0.749. The second-order valence-corrected chi connectivity index (χ2v) is 7.19. The molecular formula is C14H28N2OS. The lowest BCUT2D eigenvalue weighted by molar-refractivity contribution is -0.125. The number of rotatable bonds is 7. The third kappa shape index (κ3) is 4.16. The first-order valence-electron chi connectivity index (χ1n) is 7.24. The summed E-state index contributed by atoms with van der Waals surface area (Å²) in [4.78, 5) is 11.8. The van der Waals surface area contributed by atoms with Crippen LogP contribution in [0.3, 0.4) is 0 Å². The highest BCUT2D eigenvalue weighted by Gasteiger charge is 2.41. The van der Waals surface area contributed by atoms with Crippen LogP contribution in [0, 0.1) is 0 Å². The van der Waals surface area contributed by atoms with E-state index in [2.05, 4.69) is 26.1 Å². The highest BCUT2D eigenvalue weighted by atomic mass is 32.2. The Morgan fingerprint density at radius 3 is 2.83 bits per heavy atom. The molecule has 0 bridgehead atoms. The van der Waals surface area contributed by atoms with E-state index in [1.54, 1.807) is 0 Å². The van der Waals surface area contributed by atoms with Crippen LogP contribution in [0.2, 0.25) is 0 Å². The van der Waals surface area contributed by atoms with Gasteiger partial charge in [0, 0.05) is 10.5 Å². The van der Waals surface area contributed by atoms with Gasteiger partial charge in [-0.2, -0.15) is 11.8 Å². The minimum atomic E-state index is -0.445. The molecule has 3 atom stereocenters. The molecule has 0 radical (unpaired) electrons. The average molecular weight is 272 g/mol. The van der Waals surface area contributed by atoms with Gasteiger partial charge >= 0.3 is 0 Å². The van der Waals surface area contributed by atoms with Crippen molar-refractivity contribution in [1.82, 2.24) is 5.32 Å². The number of carbonyl (C=O) groups is 1. The molecule has 0 aliphatic heterocycles. The molecule has 1 amide bonds. The van der Waals surface area contributed by atoms with Gasteiger partial charge in [-0.05, 0) is 45.1 Å². The lowest BCUT2D eigenvalue weighted by atomic mass is 9.80. The van der Waals surface area contributed by atoms with Crippen LogP contribution >= 0.6 is 11.8 Å². The third-order valence-electron chi connectivity index (χ3n) is 3.89. The summed E-state index contributed by atoms with van der Waals surface area (Å²) in [5.74, 6) is -0.162. The van der Waals surface area contributed by atoms with Crippen LogP contribution in [0.25, 0.3) is 0 Å². The third-order valence-corrected chi connectivity index (χ3v) is 5.48. The summed E-state index contributed by atoms with van der Waals surface area (Å²) in [5, 5.41) is 4.66. The Balaban J connectivity index is 2.64. The van der Waals surface area contributed by atoms with Crippen molar-refractivity contribution in [2.24, 2.45) is 5.73 Å². The van der Waals surface area contributed by atoms with E-state index in [1.807, 2.05) is 11.8 Å². The molecule has 3 unspecified atom stereocenters. The minimum Gasteiger partial charge on any atom is -0.368 e. The number of nitrogens with one attached hydrogen (secondary N) is 1. The lowest BCUT2D eigenvalue weighted by Crippen LogP contribution is -2.58. The van der Waals surface area contributed by atoms with Crippen LogP contribution in [0.15, 0.2) is 0 Å². The molecule has 0 aromatic carbocycles. The van der Waals surface area contributed by atoms with Crippen LogP contribution in [0.5, 0.6) is 0 Å². The molecule has 0 aromatic rings. The van der Waals surface area contributed by atoms with Crippen molar-refractivity contribution in [1.29, 1.82) is 0 Å². The fraction of sp³-hybridized carbons (Fsp3) is 0.929. The number of hydrogen-bond donors (Lipinski definition) is 2. The Morgan fingerprint density at radius 2 is 2.28 bits per heavy atom. The van der Waals surface area contributed by atoms with Gasteiger partial charge in [-0.15, -0.1) is 0 Å². The summed E-state index contributed by atoms with van der Waals surface area (Å²) in [6.45, 7) is 7.49. The second kappa shape index (κ2) is 7.39. The maximum Gasteiger partial charge on any atom is 0.237 e. The molecule has 4 heteroatoms. The SMILES string of the molecule is CCCNC1(C(N)=O)CCCC(SC(C)CC)C1. The van der Waals surface area contributed by atoms with Gasteiger partial charge in [0.05, 0.1) is 5.54 Å². The average Bonchev–Trinajstić information content (AvgIpc) is 2.36. The van der Waals surface area contributed by atoms with Crippen molar-refractivity contribution in [2.45, 2.75) is 75.3 Å². The number of hydrogen-bond acceptors (Lipinski definition) is 3. The first-order chi connectivity index (χ1) is 8.54. The van der Waals surface area contributed by atoms with E-state index in [0.717, 1.165) is 32.2 Å². The summed E-state index contributed by atoms with van der Waals surface area (Å²) in [7, 11) is 0. The van der Waals surface area contributed by atoms with Gasteiger partial charge in [-0.3, -0.25) is 4.79 Å². The topological polar surface area (TPSA) is 55.1 Å². The fourth-order valence-electron chi connectivity index (χ4n) is 2.60. The van der Waals surface area contributed by atoms with Crippen molar-refractivity contribution in [2.75, 3.05) is 6.54 Å². The van der Waals surface area contributed by atoms with Crippen molar-refractivity contribution in [3.05, 3.63) is 0 Å². The zero-order chi connectivity index (χ0) is 13.6. The Hall–Kier alpha value is -0.220. The van der Waals surface area contributed by atoms with E-state index in [-0.39, 0.29) is 5.91 Å². The predicted octanol–water partition coefficient (Wildman–Crippen LogP) is 2.68. The van der Waals surface area contributed by atoms with Crippen molar-refractivity contribution in [3.8, 4) is 0 Å².